The summed E-state index contributed by atoms with van der Waals surface area (Å²) in [7, 11) is -3.79. The Labute approximate surface area is 124 Å². The molecule has 106 valence electrons. The number of aromatic nitrogens is 2. The summed E-state index contributed by atoms with van der Waals surface area (Å²) in [6, 6.07) is 7.67. The number of aromatic amines is 1. The third-order valence-electron chi connectivity index (χ3n) is 2.34. The maximum absolute atomic E-state index is 12.0. The molecule has 2 aromatic rings. The smallest absolute Gasteiger partial charge is 0.278 e. The van der Waals surface area contributed by atoms with Gasteiger partial charge in [-0.3, -0.25) is 9.52 Å². The van der Waals surface area contributed by atoms with E-state index in [1.54, 1.807) is 24.3 Å². The number of anilines is 1. The molecule has 1 aromatic heterocycles. The molecule has 6 nitrogen and oxygen atoms in total. The van der Waals surface area contributed by atoms with Gasteiger partial charge in [-0.1, -0.05) is 41.4 Å². The van der Waals surface area contributed by atoms with E-state index in [9.17, 15) is 13.2 Å². The molecule has 0 unspecified atom stereocenters. The lowest BCUT2D eigenvalue weighted by atomic mass is 10.2. The largest absolute Gasteiger partial charge is 0.288 e. The van der Waals surface area contributed by atoms with Crippen molar-refractivity contribution >= 4 is 38.9 Å². The lowest BCUT2D eigenvalue weighted by Gasteiger charge is -2.08. The van der Waals surface area contributed by atoms with Gasteiger partial charge in [0.1, 0.15) is 5.69 Å². The number of nitrogens with one attached hydrogen (secondary N) is 2. The van der Waals surface area contributed by atoms with Crippen molar-refractivity contribution < 1.29 is 8.42 Å². The summed E-state index contributed by atoms with van der Waals surface area (Å²) < 4.78 is 26.1. The molecule has 1 heterocycles. The number of sulfonamides is 1. The first kappa shape index (κ1) is 14.8. The molecule has 0 saturated carbocycles. The van der Waals surface area contributed by atoms with Crippen LogP contribution in [-0.4, -0.2) is 18.6 Å². The lowest BCUT2D eigenvalue weighted by molar-refractivity contribution is 0.600. The van der Waals surface area contributed by atoms with Gasteiger partial charge >= 0.3 is 0 Å². The van der Waals surface area contributed by atoms with Crippen LogP contribution in [0.4, 0.5) is 5.69 Å². The van der Waals surface area contributed by atoms with E-state index in [-0.39, 0.29) is 16.6 Å². The summed E-state index contributed by atoms with van der Waals surface area (Å²) in [6.45, 7) is 0. The van der Waals surface area contributed by atoms with Crippen molar-refractivity contribution in [3.63, 3.8) is 0 Å². The Bertz CT molecular complexity index is 789. The summed E-state index contributed by atoms with van der Waals surface area (Å²) in [5.74, 6) is -0.355. The molecule has 0 bridgehead atoms. The van der Waals surface area contributed by atoms with E-state index in [2.05, 4.69) is 14.9 Å². The number of rotatable bonds is 4. The van der Waals surface area contributed by atoms with Gasteiger partial charge in [0.25, 0.3) is 5.56 Å². The van der Waals surface area contributed by atoms with Crippen molar-refractivity contribution in [3.8, 4) is 0 Å². The molecular weight excluding hydrogens is 325 g/mol. The van der Waals surface area contributed by atoms with Gasteiger partial charge in [-0.25, -0.2) is 13.5 Å². The van der Waals surface area contributed by atoms with E-state index in [0.29, 0.717) is 10.6 Å². The van der Waals surface area contributed by atoms with Crippen LogP contribution in [0.3, 0.4) is 0 Å². The van der Waals surface area contributed by atoms with Gasteiger partial charge < -0.3 is 0 Å². The third-order valence-corrected chi connectivity index (χ3v) is 4.13. The van der Waals surface area contributed by atoms with E-state index < -0.39 is 15.6 Å². The zero-order valence-corrected chi connectivity index (χ0v) is 12.3. The molecule has 9 heteroatoms. The van der Waals surface area contributed by atoms with Crippen molar-refractivity contribution in [2.45, 2.75) is 5.75 Å². The molecule has 0 radical (unpaired) electrons. The van der Waals surface area contributed by atoms with Crippen LogP contribution in [0.2, 0.25) is 10.2 Å². The van der Waals surface area contributed by atoms with Gasteiger partial charge in [-0.2, -0.15) is 5.10 Å². The van der Waals surface area contributed by atoms with E-state index >= 15 is 0 Å². The van der Waals surface area contributed by atoms with Gasteiger partial charge in [0.15, 0.2) is 5.15 Å². The van der Waals surface area contributed by atoms with E-state index in [1.807, 2.05) is 0 Å². The fraction of sp³-hybridized carbons (Fsp3) is 0.0909. The van der Waals surface area contributed by atoms with E-state index in [0.717, 1.165) is 6.07 Å². The summed E-state index contributed by atoms with van der Waals surface area (Å²) in [4.78, 5) is 11.4. The van der Waals surface area contributed by atoms with Crippen molar-refractivity contribution in [2.24, 2.45) is 0 Å². The number of hydrogen-bond donors (Lipinski definition) is 2. The Morgan fingerprint density at radius 3 is 2.65 bits per heavy atom. The van der Waals surface area contributed by atoms with Crippen LogP contribution in [0.1, 0.15) is 5.56 Å². The highest BCUT2D eigenvalue weighted by atomic mass is 35.5. The van der Waals surface area contributed by atoms with E-state index in [4.69, 9.17) is 23.2 Å². The second kappa shape index (κ2) is 5.82. The Morgan fingerprint density at radius 2 is 1.95 bits per heavy atom. The Balaban J connectivity index is 2.26. The fourth-order valence-corrected chi connectivity index (χ4v) is 3.13. The number of nitrogens with zero attached hydrogens (tertiary/aromatic N) is 1. The highest BCUT2D eigenvalue weighted by Crippen LogP contribution is 2.18. The fourth-order valence-electron chi connectivity index (χ4n) is 1.48. The number of benzene rings is 1. The van der Waals surface area contributed by atoms with Crippen molar-refractivity contribution in [3.05, 3.63) is 56.4 Å². The maximum atomic E-state index is 12.0. The van der Waals surface area contributed by atoms with Crippen LogP contribution in [0, 0.1) is 0 Å². The molecule has 0 aliphatic carbocycles. The van der Waals surface area contributed by atoms with Gasteiger partial charge in [-0.15, -0.1) is 0 Å². The summed E-state index contributed by atoms with van der Waals surface area (Å²) in [6.07, 6.45) is 0. The predicted molar refractivity (Wildman–Crippen MR) is 77.6 cm³/mol. The summed E-state index contributed by atoms with van der Waals surface area (Å²) >= 11 is 11.5. The average Bonchev–Trinajstić information content (AvgIpc) is 2.36. The van der Waals surface area contributed by atoms with Gasteiger partial charge in [0.2, 0.25) is 10.0 Å². The van der Waals surface area contributed by atoms with Crippen molar-refractivity contribution in [2.75, 3.05) is 4.72 Å². The van der Waals surface area contributed by atoms with Crippen molar-refractivity contribution in [1.29, 1.82) is 0 Å². The third kappa shape index (κ3) is 3.72. The summed E-state index contributed by atoms with van der Waals surface area (Å²) in [5, 5.41) is 5.82. The molecule has 2 rings (SSSR count). The monoisotopic (exact) mass is 333 g/mol. The van der Waals surface area contributed by atoms with Crippen LogP contribution >= 0.6 is 23.2 Å². The molecule has 0 amide bonds. The molecule has 0 spiro atoms. The minimum Gasteiger partial charge on any atom is -0.278 e. The number of hydrogen-bond acceptors (Lipinski definition) is 4. The number of H-pyrrole nitrogens is 1. The van der Waals surface area contributed by atoms with Gasteiger partial charge in [-0.05, 0) is 11.6 Å². The molecule has 1 aromatic carbocycles. The first-order valence-electron chi connectivity index (χ1n) is 5.36. The topological polar surface area (TPSA) is 91.9 Å². The predicted octanol–water partition coefficient (Wildman–Crippen LogP) is 2.02. The zero-order valence-electron chi connectivity index (χ0n) is 9.93. The molecule has 0 aliphatic heterocycles. The maximum Gasteiger partial charge on any atom is 0.288 e. The molecular formula is C11H9Cl2N3O3S. The highest BCUT2D eigenvalue weighted by molar-refractivity contribution is 7.91. The minimum atomic E-state index is -3.79. The second-order valence-corrected chi connectivity index (χ2v) is 6.40. The van der Waals surface area contributed by atoms with Crippen molar-refractivity contribution in [1.82, 2.24) is 10.2 Å². The average molecular weight is 334 g/mol. The van der Waals surface area contributed by atoms with Crippen LogP contribution in [0.5, 0.6) is 0 Å². The Morgan fingerprint density at radius 1 is 1.25 bits per heavy atom. The van der Waals surface area contributed by atoms with Gasteiger partial charge in [0, 0.05) is 11.1 Å². The van der Waals surface area contributed by atoms with E-state index in [1.165, 1.54) is 0 Å². The van der Waals surface area contributed by atoms with Crippen LogP contribution in [0.25, 0.3) is 0 Å². The second-order valence-electron chi connectivity index (χ2n) is 3.89. The standard InChI is InChI=1S/C11H9Cl2N3O3S/c12-8-4-2-1-3-7(8)6-20(18,19)16-9-5-10(13)14-15-11(9)17/h1-5H,6H2,(H,14,16)(H,15,17). The molecule has 0 fully saturated rings. The molecule has 20 heavy (non-hydrogen) atoms. The molecule has 2 N–H and O–H groups in total. The minimum absolute atomic E-state index is 0.0277. The molecule has 0 aliphatic rings. The quantitative estimate of drug-likeness (QED) is 0.895. The number of halogens is 2. The first-order chi connectivity index (χ1) is 9.37. The lowest BCUT2D eigenvalue weighted by Crippen LogP contribution is -2.22. The highest BCUT2D eigenvalue weighted by Gasteiger charge is 2.16. The molecule has 0 atom stereocenters. The Hall–Kier alpha value is -1.57. The van der Waals surface area contributed by atoms with Gasteiger partial charge in [0.05, 0.1) is 5.75 Å². The zero-order chi connectivity index (χ0) is 14.8. The first-order valence-corrected chi connectivity index (χ1v) is 7.77. The normalized spacial score (nSPS) is 11.3. The Kier molecular flexibility index (Phi) is 4.32. The SMILES string of the molecule is O=c1[nH]nc(Cl)cc1NS(=O)(=O)Cc1ccccc1Cl. The van der Waals surface area contributed by atoms with Crippen LogP contribution < -0.4 is 10.3 Å². The van der Waals surface area contributed by atoms with Crippen LogP contribution in [-0.2, 0) is 15.8 Å². The van der Waals surface area contributed by atoms with Crippen LogP contribution in [0.15, 0.2) is 35.1 Å². The molecule has 0 saturated heterocycles. The summed E-state index contributed by atoms with van der Waals surface area (Å²) in [5.41, 5.74) is -0.451.